The van der Waals surface area contributed by atoms with Crippen LogP contribution in [0.4, 0.5) is 0 Å². The van der Waals surface area contributed by atoms with E-state index in [1.165, 1.54) is 63.4 Å². The van der Waals surface area contributed by atoms with Crippen LogP contribution in [0.3, 0.4) is 0 Å². The van der Waals surface area contributed by atoms with E-state index in [1.54, 1.807) is 11.1 Å². The van der Waals surface area contributed by atoms with Crippen molar-refractivity contribution in [3.63, 3.8) is 0 Å². The van der Waals surface area contributed by atoms with Gasteiger partial charge < -0.3 is 0 Å². The molecule has 0 spiro atoms. The number of hydrogen-bond donors (Lipinski definition) is 0. The Kier molecular flexibility index (Phi) is 6.52. The van der Waals surface area contributed by atoms with Gasteiger partial charge in [-0.05, 0) is 39.5 Å². The van der Waals surface area contributed by atoms with E-state index in [0.717, 1.165) is 0 Å². The zero-order valence-electron chi connectivity index (χ0n) is 11.4. The van der Waals surface area contributed by atoms with Crippen LogP contribution in [0.2, 0.25) is 0 Å². The normalized spacial score (nSPS) is 14.2. The van der Waals surface area contributed by atoms with Crippen LogP contribution in [0.1, 0.15) is 78.6 Å². The smallest absolute Gasteiger partial charge is 0.00996 e. The molecule has 1 rings (SSSR count). The Hall–Kier alpha value is -0.520. The first-order valence-electron chi connectivity index (χ1n) is 7.07. The van der Waals surface area contributed by atoms with Gasteiger partial charge >= 0.3 is 0 Å². The van der Waals surface area contributed by atoms with Crippen LogP contribution in [0.15, 0.2) is 22.8 Å². The summed E-state index contributed by atoms with van der Waals surface area (Å²) in [5.74, 6) is 0. The summed E-state index contributed by atoms with van der Waals surface area (Å²) in [4.78, 5) is 0. The fourth-order valence-electron chi connectivity index (χ4n) is 2.14. The highest BCUT2D eigenvalue weighted by molar-refractivity contribution is 5.36. The Bertz CT molecular complexity index is 251. The van der Waals surface area contributed by atoms with Crippen molar-refractivity contribution in [2.24, 2.45) is 0 Å². The second kappa shape index (κ2) is 7.70. The van der Waals surface area contributed by atoms with Gasteiger partial charge in [0.2, 0.25) is 0 Å². The van der Waals surface area contributed by atoms with Crippen LogP contribution < -0.4 is 0 Å². The Balaban J connectivity index is 1.97. The summed E-state index contributed by atoms with van der Waals surface area (Å²) in [5, 5.41) is 0. The largest absolute Gasteiger partial charge is 0.0818 e. The SMILES string of the molecule is CCCCCCCCC1=C(CC=C(C)C)C1. The lowest BCUT2D eigenvalue weighted by atomic mass is 10.1. The summed E-state index contributed by atoms with van der Waals surface area (Å²) in [6.07, 6.45) is 14.9. The molecular weight excluding hydrogens is 192 g/mol. The van der Waals surface area contributed by atoms with Gasteiger partial charge in [0.25, 0.3) is 0 Å². The molecule has 0 fully saturated rings. The summed E-state index contributed by atoms with van der Waals surface area (Å²) in [6.45, 7) is 6.66. The van der Waals surface area contributed by atoms with Gasteiger partial charge in [0.05, 0.1) is 0 Å². The number of allylic oxidation sites excluding steroid dienone is 4. The first kappa shape index (κ1) is 13.5. The highest BCUT2D eigenvalue weighted by Crippen LogP contribution is 2.38. The van der Waals surface area contributed by atoms with E-state index in [1.807, 2.05) is 0 Å². The number of rotatable bonds is 9. The fourth-order valence-corrected chi connectivity index (χ4v) is 2.14. The predicted molar refractivity (Wildman–Crippen MR) is 73.7 cm³/mol. The molecule has 0 unspecified atom stereocenters. The molecule has 0 amide bonds. The van der Waals surface area contributed by atoms with Crippen LogP contribution in [-0.2, 0) is 0 Å². The second-order valence-corrected chi connectivity index (χ2v) is 5.39. The van der Waals surface area contributed by atoms with E-state index < -0.39 is 0 Å². The van der Waals surface area contributed by atoms with Crippen molar-refractivity contribution < 1.29 is 0 Å². The third kappa shape index (κ3) is 6.15. The predicted octanol–water partition coefficient (Wildman–Crippen LogP) is 5.79. The van der Waals surface area contributed by atoms with E-state index >= 15 is 0 Å². The summed E-state index contributed by atoms with van der Waals surface area (Å²) in [5.41, 5.74) is 4.96. The monoisotopic (exact) mass is 220 g/mol. The summed E-state index contributed by atoms with van der Waals surface area (Å²) in [7, 11) is 0. The van der Waals surface area contributed by atoms with Crippen molar-refractivity contribution >= 4 is 0 Å². The van der Waals surface area contributed by atoms with Crippen LogP contribution in [0.5, 0.6) is 0 Å². The molecule has 92 valence electrons. The first-order chi connectivity index (χ1) is 7.74. The minimum Gasteiger partial charge on any atom is -0.0818 e. The highest BCUT2D eigenvalue weighted by atomic mass is 14.2. The molecule has 1 aliphatic rings. The maximum Gasteiger partial charge on any atom is -0.00996 e. The van der Waals surface area contributed by atoms with Crippen molar-refractivity contribution in [1.82, 2.24) is 0 Å². The zero-order valence-corrected chi connectivity index (χ0v) is 11.4. The molecule has 0 aromatic carbocycles. The van der Waals surface area contributed by atoms with Crippen LogP contribution in [0.25, 0.3) is 0 Å². The third-order valence-corrected chi connectivity index (χ3v) is 3.39. The van der Waals surface area contributed by atoms with Gasteiger partial charge in [0.1, 0.15) is 0 Å². The second-order valence-electron chi connectivity index (χ2n) is 5.39. The van der Waals surface area contributed by atoms with Crippen molar-refractivity contribution in [3.05, 3.63) is 22.8 Å². The van der Waals surface area contributed by atoms with Crippen molar-refractivity contribution in [1.29, 1.82) is 0 Å². The van der Waals surface area contributed by atoms with Gasteiger partial charge in [-0.2, -0.15) is 0 Å². The van der Waals surface area contributed by atoms with Gasteiger partial charge in [-0.15, -0.1) is 0 Å². The summed E-state index contributed by atoms with van der Waals surface area (Å²) in [6, 6.07) is 0. The van der Waals surface area contributed by atoms with Crippen molar-refractivity contribution in [2.75, 3.05) is 0 Å². The molecule has 0 atom stereocenters. The molecule has 1 aliphatic carbocycles. The van der Waals surface area contributed by atoms with E-state index in [0.29, 0.717) is 0 Å². The van der Waals surface area contributed by atoms with Crippen molar-refractivity contribution in [2.45, 2.75) is 78.6 Å². The number of unbranched alkanes of at least 4 members (excludes halogenated alkanes) is 5. The maximum atomic E-state index is 2.36. The quantitative estimate of drug-likeness (QED) is 0.340. The van der Waals surface area contributed by atoms with E-state index in [4.69, 9.17) is 0 Å². The maximum absolute atomic E-state index is 2.36. The topological polar surface area (TPSA) is 0 Å². The summed E-state index contributed by atoms with van der Waals surface area (Å²) >= 11 is 0. The molecule has 0 heteroatoms. The van der Waals surface area contributed by atoms with Gasteiger partial charge in [0.15, 0.2) is 0 Å². The fraction of sp³-hybridized carbons (Fsp3) is 0.750. The molecule has 0 aromatic heterocycles. The molecular formula is C16H28. The molecule has 0 nitrogen and oxygen atoms in total. The average molecular weight is 220 g/mol. The minimum atomic E-state index is 1.23. The van der Waals surface area contributed by atoms with E-state index in [9.17, 15) is 0 Å². The van der Waals surface area contributed by atoms with E-state index in [2.05, 4.69) is 26.8 Å². The minimum absolute atomic E-state index is 1.23. The van der Waals surface area contributed by atoms with Gasteiger partial charge in [-0.1, -0.05) is 61.8 Å². The first-order valence-corrected chi connectivity index (χ1v) is 7.07. The van der Waals surface area contributed by atoms with E-state index in [-0.39, 0.29) is 0 Å². The van der Waals surface area contributed by atoms with Crippen LogP contribution >= 0.6 is 0 Å². The molecule has 0 aliphatic heterocycles. The lowest BCUT2D eigenvalue weighted by Crippen LogP contribution is -1.78. The molecule has 0 radical (unpaired) electrons. The highest BCUT2D eigenvalue weighted by Gasteiger charge is 2.18. The van der Waals surface area contributed by atoms with Gasteiger partial charge in [0, 0.05) is 0 Å². The van der Waals surface area contributed by atoms with Crippen molar-refractivity contribution in [3.8, 4) is 0 Å². The number of hydrogen-bond acceptors (Lipinski definition) is 0. The van der Waals surface area contributed by atoms with Gasteiger partial charge in [-0.3, -0.25) is 0 Å². The molecule has 0 saturated carbocycles. The standard InChI is InChI=1S/C16H28/c1-4-5-6-7-8-9-10-15-13-16(15)12-11-14(2)3/h11H,4-10,12-13H2,1-3H3. The molecule has 0 saturated heterocycles. The molecule has 0 bridgehead atoms. The Morgan fingerprint density at radius 1 is 1.00 bits per heavy atom. The van der Waals surface area contributed by atoms with Crippen LogP contribution in [-0.4, -0.2) is 0 Å². The Labute approximate surface area is 102 Å². The van der Waals surface area contributed by atoms with Crippen LogP contribution in [0, 0.1) is 0 Å². The molecule has 0 heterocycles. The Morgan fingerprint density at radius 3 is 2.38 bits per heavy atom. The molecule has 0 N–H and O–H groups in total. The lowest BCUT2D eigenvalue weighted by molar-refractivity contribution is 0.608. The van der Waals surface area contributed by atoms with Gasteiger partial charge in [-0.25, -0.2) is 0 Å². The summed E-state index contributed by atoms with van der Waals surface area (Å²) < 4.78 is 0. The zero-order chi connectivity index (χ0) is 11.8. The Morgan fingerprint density at radius 2 is 1.69 bits per heavy atom. The molecule has 0 aromatic rings. The lowest BCUT2D eigenvalue weighted by Gasteiger charge is -1.97. The molecule has 16 heavy (non-hydrogen) atoms. The third-order valence-electron chi connectivity index (χ3n) is 3.39. The average Bonchev–Trinajstić information content (AvgIpc) is 2.99.